The molecule has 1 amide bonds. The predicted molar refractivity (Wildman–Crippen MR) is 64.9 cm³/mol. The second-order valence-corrected chi connectivity index (χ2v) is 5.44. The number of nitrogens with zero attached hydrogens (tertiary/aromatic N) is 2. The van der Waals surface area contributed by atoms with Gasteiger partial charge in [0.25, 0.3) is 0 Å². The number of amides is 1. The summed E-state index contributed by atoms with van der Waals surface area (Å²) in [4.78, 5) is 13.6. The third-order valence-corrected chi connectivity index (χ3v) is 2.82. The second kappa shape index (κ2) is 4.61. The molecule has 18 heavy (non-hydrogen) atoms. The van der Waals surface area contributed by atoms with Crippen LogP contribution in [0.3, 0.4) is 0 Å². The predicted octanol–water partition coefficient (Wildman–Crippen LogP) is 1.20. The van der Waals surface area contributed by atoms with E-state index in [1.165, 1.54) is 0 Å². The van der Waals surface area contributed by atoms with Crippen molar-refractivity contribution in [2.24, 2.45) is 0 Å². The van der Waals surface area contributed by atoms with Crippen LogP contribution in [0.5, 0.6) is 0 Å². The van der Waals surface area contributed by atoms with Crippen molar-refractivity contribution in [1.29, 1.82) is 0 Å². The fourth-order valence-corrected chi connectivity index (χ4v) is 2.00. The third kappa shape index (κ3) is 2.64. The monoisotopic (exact) mass is 253 g/mol. The molecule has 100 valence electrons. The van der Waals surface area contributed by atoms with E-state index < -0.39 is 5.60 Å². The summed E-state index contributed by atoms with van der Waals surface area (Å²) < 4.78 is 5.33. The van der Waals surface area contributed by atoms with E-state index in [4.69, 9.17) is 9.84 Å². The first kappa shape index (κ1) is 12.9. The number of hydrogen-bond donors (Lipinski definition) is 2. The molecule has 0 saturated carbocycles. The van der Waals surface area contributed by atoms with Crippen molar-refractivity contribution < 1.29 is 14.6 Å². The molecule has 1 aliphatic rings. The lowest BCUT2D eigenvalue weighted by molar-refractivity contribution is 0.0221. The van der Waals surface area contributed by atoms with E-state index in [9.17, 15) is 4.79 Å². The Kier molecular flexibility index (Phi) is 3.30. The van der Waals surface area contributed by atoms with E-state index in [-0.39, 0.29) is 12.7 Å². The largest absolute Gasteiger partial charge is 0.444 e. The van der Waals surface area contributed by atoms with Crippen LogP contribution in [0.4, 0.5) is 4.79 Å². The first-order valence-corrected chi connectivity index (χ1v) is 6.04. The Labute approximate surface area is 106 Å². The highest BCUT2D eigenvalue weighted by Gasteiger charge is 2.27. The summed E-state index contributed by atoms with van der Waals surface area (Å²) in [6.07, 6.45) is 0.384. The maximum Gasteiger partial charge on any atom is 0.410 e. The minimum Gasteiger partial charge on any atom is -0.444 e. The first-order chi connectivity index (χ1) is 8.40. The third-order valence-electron chi connectivity index (χ3n) is 2.82. The molecule has 2 rings (SSSR count). The van der Waals surface area contributed by atoms with Crippen molar-refractivity contribution in [2.75, 3.05) is 6.54 Å². The molecule has 2 heterocycles. The van der Waals surface area contributed by atoms with Gasteiger partial charge < -0.3 is 14.7 Å². The van der Waals surface area contributed by atoms with Gasteiger partial charge in [0.1, 0.15) is 5.60 Å². The molecule has 1 aromatic rings. The lowest BCUT2D eigenvalue weighted by Gasteiger charge is -2.29. The number of aliphatic hydroxyl groups is 1. The van der Waals surface area contributed by atoms with Gasteiger partial charge in [-0.2, -0.15) is 5.10 Å². The molecule has 0 saturated heterocycles. The minimum absolute atomic E-state index is 0.0712. The molecule has 0 aliphatic carbocycles. The number of carbonyl (C=O) groups is 1. The van der Waals surface area contributed by atoms with Crippen LogP contribution in [0.25, 0.3) is 0 Å². The number of H-pyrrole nitrogens is 1. The zero-order valence-electron chi connectivity index (χ0n) is 11.0. The standard InChI is InChI=1S/C12H19N3O3/c1-12(2,3)18-11(17)15-5-4-8-9(6-15)13-14-10(8)7-16/h16H,4-7H2,1-3H3,(H,13,14). The first-order valence-electron chi connectivity index (χ1n) is 6.04. The van der Waals surface area contributed by atoms with E-state index in [2.05, 4.69) is 10.2 Å². The van der Waals surface area contributed by atoms with Gasteiger partial charge in [-0.3, -0.25) is 5.10 Å². The number of aliphatic hydroxyl groups excluding tert-OH is 1. The summed E-state index contributed by atoms with van der Waals surface area (Å²) in [7, 11) is 0. The number of rotatable bonds is 1. The van der Waals surface area contributed by atoms with E-state index >= 15 is 0 Å². The number of ether oxygens (including phenoxy) is 1. The fraction of sp³-hybridized carbons (Fsp3) is 0.667. The van der Waals surface area contributed by atoms with Crippen LogP contribution in [0.15, 0.2) is 0 Å². The van der Waals surface area contributed by atoms with Crippen LogP contribution < -0.4 is 0 Å². The van der Waals surface area contributed by atoms with Crippen LogP contribution in [0.1, 0.15) is 37.7 Å². The number of nitrogens with one attached hydrogen (secondary N) is 1. The van der Waals surface area contributed by atoms with E-state index in [1.54, 1.807) is 4.90 Å². The SMILES string of the molecule is CC(C)(C)OC(=O)N1CCc2c(CO)n[nH]c2C1. The molecule has 0 aromatic carbocycles. The smallest absolute Gasteiger partial charge is 0.410 e. The molecule has 6 nitrogen and oxygen atoms in total. The lowest BCUT2D eigenvalue weighted by Crippen LogP contribution is -2.39. The van der Waals surface area contributed by atoms with Gasteiger partial charge in [-0.15, -0.1) is 0 Å². The fourth-order valence-electron chi connectivity index (χ4n) is 2.00. The average Bonchev–Trinajstić information content (AvgIpc) is 2.68. The highest BCUT2D eigenvalue weighted by molar-refractivity contribution is 5.68. The molecule has 0 unspecified atom stereocenters. The van der Waals surface area contributed by atoms with Crippen LogP contribution >= 0.6 is 0 Å². The number of fused-ring (bicyclic) bond motifs is 1. The molecule has 0 atom stereocenters. The van der Waals surface area contributed by atoms with Gasteiger partial charge in [0.15, 0.2) is 0 Å². The van der Waals surface area contributed by atoms with Crippen LogP contribution in [-0.2, 0) is 24.3 Å². The molecule has 1 aliphatic heterocycles. The summed E-state index contributed by atoms with van der Waals surface area (Å²) in [5, 5.41) is 16.0. The van der Waals surface area contributed by atoms with Crippen LogP contribution in [0.2, 0.25) is 0 Å². The summed E-state index contributed by atoms with van der Waals surface area (Å²) in [6.45, 7) is 6.52. The van der Waals surface area contributed by atoms with Crippen molar-refractivity contribution in [2.45, 2.75) is 45.9 Å². The number of aromatic nitrogens is 2. The summed E-state index contributed by atoms with van der Waals surface area (Å²) in [5.74, 6) is 0. The highest BCUT2D eigenvalue weighted by atomic mass is 16.6. The summed E-state index contributed by atoms with van der Waals surface area (Å²) >= 11 is 0. The molecular weight excluding hydrogens is 234 g/mol. The average molecular weight is 253 g/mol. The molecular formula is C12H19N3O3. The van der Waals surface area contributed by atoms with Gasteiger partial charge in [-0.25, -0.2) is 4.79 Å². The van der Waals surface area contributed by atoms with E-state index in [0.717, 1.165) is 11.3 Å². The molecule has 6 heteroatoms. The highest BCUT2D eigenvalue weighted by Crippen LogP contribution is 2.21. The summed E-state index contributed by atoms with van der Waals surface area (Å²) in [5.41, 5.74) is 2.10. The van der Waals surface area contributed by atoms with Gasteiger partial charge in [-0.05, 0) is 27.2 Å². The Morgan fingerprint density at radius 1 is 1.56 bits per heavy atom. The van der Waals surface area contributed by atoms with E-state index in [1.807, 2.05) is 20.8 Å². The Hall–Kier alpha value is -1.56. The van der Waals surface area contributed by atoms with Gasteiger partial charge in [0, 0.05) is 12.1 Å². The molecule has 2 N–H and O–H groups in total. The molecule has 1 aromatic heterocycles. The van der Waals surface area contributed by atoms with Crippen molar-refractivity contribution in [3.05, 3.63) is 17.0 Å². The molecule has 0 fully saturated rings. The van der Waals surface area contributed by atoms with Gasteiger partial charge >= 0.3 is 6.09 Å². The van der Waals surface area contributed by atoms with Gasteiger partial charge in [0.2, 0.25) is 0 Å². The van der Waals surface area contributed by atoms with Crippen LogP contribution in [-0.4, -0.2) is 38.4 Å². The molecule has 0 bridgehead atoms. The van der Waals surface area contributed by atoms with Gasteiger partial charge in [-0.1, -0.05) is 0 Å². The Morgan fingerprint density at radius 2 is 2.28 bits per heavy atom. The topological polar surface area (TPSA) is 78.4 Å². The van der Waals surface area contributed by atoms with E-state index in [0.29, 0.717) is 25.2 Å². The quantitative estimate of drug-likeness (QED) is 0.788. The zero-order valence-corrected chi connectivity index (χ0v) is 11.0. The van der Waals surface area contributed by atoms with Crippen molar-refractivity contribution in [3.63, 3.8) is 0 Å². The minimum atomic E-state index is -0.485. The van der Waals surface area contributed by atoms with Crippen molar-refractivity contribution >= 4 is 6.09 Å². The molecule has 0 radical (unpaired) electrons. The number of carbonyl (C=O) groups excluding carboxylic acids is 1. The second-order valence-electron chi connectivity index (χ2n) is 5.44. The maximum absolute atomic E-state index is 11.9. The maximum atomic E-state index is 11.9. The Bertz CT molecular complexity index is 448. The molecule has 0 spiro atoms. The van der Waals surface area contributed by atoms with Crippen LogP contribution in [0, 0.1) is 0 Å². The lowest BCUT2D eigenvalue weighted by atomic mass is 10.1. The number of aromatic amines is 1. The van der Waals surface area contributed by atoms with Crippen molar-refractivity contribution in [3.8, 4) is 0 Å². The normalized spacial score (nSPS) is 15.4. The Morgan fingerprint density at radius 3 is 2.89 bits per heavy atom. The van der Waals surface area contributed by atoms with Crippen molar-refractivity contribution in [1.82, 2.24) is 15.1 Å². The Balaban J connectivity index is 2.06. The number of hydrogen-bond acceptors (Lipinski definition) is 4. The van der Waals surface area contributed by atoms with Gasteiger partial charge in [0.05, 0.1) is 24.5 Å². The summed E-state index contributed by atoms with van der Waals surface area (Å²) in [6, 6.07) is 0. The zero-order chi connectivity index (χ0) is 13.3.